The number of pyridine rings is 1. The van der Waals surface area contributed by atoms with Gasteiger partial charge in [-0.2, -0.15) is 0 Å². The third-order valence-corrected chi connectivity index (χ3v) is 9.63. The number of primary amides is 1. The summed E-state index contributed by atoms with van der Waals surface area (Å²) in [6.45, 7) is 6.82. The first-order valence-corrected chi connectivity index (χ1v) is 19.3. The molecule has 14 nitrogen and oxygen atoms in total. The highest BCUT2D eigenvalue weighted by atomic mass is 16.2. The van der Waals surface area contributed by atoms with Crippen molar-refractivity contribution in [3.8, 4) is 0 Å². The predicted molar refractivity (Wildman–Crippen MR) is 210 cm³/mol. The van der Waals surface area contributed by atoms with Gasteiger partial charge in [0.2, 0.25) is 29.5 Å². The van der Waals surface area contributed by atoms with Crippen LogP contribution in [0.2, 0.25) is 0 Å². The Hall–Kier alpha value is -5.37. The number of hydrogen-bond donors (Lipinski definition) is 6. The van der Waals surface area contributed by atoms with Crippen molar-refractivity contribution in [3.63, 3.8) is 0 Å². The van der Waals surface area contributed by atoms with E-state index in [0.717, 1.165) is 29.3 Å². The summed E-state index contributed by atoms with van der Waals surface area (Å²) < 4.78 is 0. The summed E-state index contributed by atoms with van der Waals surface area (Å²) in [7, 11) is 0. The Labute approximate surface area is 323 Å². The van der Waals surface area contributed by atoms with Crippen molar-refractivity contribution in [2.24, 2.45) is 5.73 Å². The summed E-state index contributed by atoms with van der Waals surface area (Å²) in [5.74, 6) is -2.82. The molecule has 3 aromatic rings. The Morgan fingerprint density at radius 3 is 2.16 bits per heavy atom. The minimum absolute atomic E-state index is 0.180. The predicted octanol–water partition coefficient (Wildman–Crippen LogP) is 2.50. The van der Waals surface area contributed by atoms with Gasteiger partial charge in [0.25, 0.3) is 5.91 Å². The fraction of sp³-hybridized carbons (Fsp3) is 0.488. The first kappa shape index (κ1) is 42.4. The van der Waals surface area contributed by atoms with Crippen molar-refractivity contribution in [3.05, 3.63) is 78.1 Å². The van der Waals surface area contributed by atoms with Crippen molar-refractivity contribution in [1.82, 2.24) is 36.5 Å². The second-order valence-corrected chi connectivity index (χ2v) is 14.4. The number of rotatable bonds is 21. The lowest BCUT2D eigenvalue weighted by atomic mass is 10.00. The topological polar surface area (TPSA) is 205 Å². The number of carbonyl (C=O) groups is 6. The van der Waals surface area contributed by atoms with Crippen LogP contribution in [0.25, 0.3) is 10.8 Å². The minimum Gasteiger partial charge on any atom is -0.368 e. The Balaban J connectivity index is 1.51. The molecule has 0 aliphatic carbocycles. The van der Waals surface area contributed by atoms with Crippen molar-refractivity contribution in [2.75, 3.05) is 19.6 Å². The van der Waals surface area contributed by atoms with Crippen LogP contribution >= 0.6 is 0 Å². The molecule has 1 unspecified atom stereocenters. The summed E-state index contributed by atoms with van der Waals surface area (Å²) in [6, 6.07) is 15.2. The van der Waals surface area contributed by atoms with Crippen LogP contribution in [0.5, 0.6) is 0 Å². The molecular formula is C41H56N8O6. The molecule has 4 atom stereocenters. The number of aromatic nitrogens is 1. The molecule has 2 heterocycles. The molecule has 296 valence electrons. The third-order valence-electron chi connectivity index (χ3n) is 9.63. The van der Waals surface area contributed by atoms with Gasteiger partial charge in [-0.15, -0.1) is 0 Å². The highest BCUT2D eigenvalue weighted by Crippen LogP contribution is 2.20. The van der Waals surface area contributed by atoms with E-state index in [4.69, 9.17) is 5.73 Å². The zero-order valence-corrected chi connectivity index (χ0v) is 32.1. The lowest BCUT2D eigenvalue weighted by Gasteiger charge is -2.29. The van der Waals surface area contributed by atoms with E-state index in [-0.39, 0.29) is 30.3 Å². The zero-order valence-electron chi connectivity index (χ0n) is 32.1. The van der Waals surface area contributed by atoms with Gasteiger partial charge in [0.15, 0.2) is 0 Å². The van der Waals surface area contributed by atoms with Crippen molar-refractivity contribution in [1.29, 1.82) is 0 Å². The number of amides is 6. The zero-order chi connectivity index (χ0) is 39.7. The smallest absolute Gasteiger partial charge is 0.269 e. The van der Waals surface area contributed by atoms with E-state index in [1.54, 1.807) is 18.2 Å². The molecule has 7 N–H and O–H groups in total. The number of nitrogens with two attached hydrogens (primary N) is 1. The molecule has 1 saturated heterocycles. The van der Waals surface area contributed by atoms with Crippen LogP contribution in [0.4, 0.5) is 0 Å². The van der Waals surface area contributed by atoms with Gasteiger partial charge in [0, 0.05) is 38.7 Å². The molecule has 0 radical (unpaired) electrons. The first-order chi connectivity index (χ1) is 26.4. The monoisotopic (exact) mass is 756 g/mol. The summed E-state index contributed by atoms with van der Waals surface area (Å²) in [4.78, 5) is 84.5. The molecule has 0 saturated carbocycles. The molecule has 6 amide bonds. The van der Waals surface area contributed by atoms with Crippen LogP contribution < -0.4 is 32.3 Å². The van der Waals surface area contributed by atoms with Crippen molar-refractivity contribution >= 4 is 46.2 Å². The summed E-state index contributed by atoms with van der Waals surface area (Å²) in [6.07, 6.45) is 5.61. The van der Waals surface area contributed by atoms with Crippen molar-refractivity contribution < 1.29 is 28.8 Å². The third kappa shape index (κ3) is 13.5. The lowest BCUT2D eigenvalue weighted by molar-refractivity contribution is -0.141. The quantitative estimate of drug-likeness (QED) is 0.0890. The number of nitrogens with one attached hydrogen (secondary N) is 5. The number of fused-ring (bicyclic) bond motifs is 1. The maximum absolute atomic E-state index is 14.1. The van der Waals surface area contributed by atoms with Crippen LogP contribution in [0.3, 0.4) is 0 Å². The highest BCUT2D eigenvalue weighted by Gasteiger charge is 2.37. The standard InChI is InChI=1S/C41H56N8O6/c1-27(2)43-21-9-8-17-34(41(55)49-24-12-18-36(49)37(42)51)48-39(53)33(16-7-11-23-45-38(52)32-15-6-10-22-44-32)47-40(54)35(46-28(3)50)26-29-19-20-30-13-4-5-14-31(30)25-29/h4-6,10,13-15,19-20,22,25,27,33-36,43H,7-9,11-12,16-18,21,23-24,26H2,1-3H3,(H2,42,51)(H,45,52)(H,46,50)(H,47,54)(H,48,53)/t33-,34?,35-,36-/m0/s1. The largest absolute Gasteiger partial charge is 0.368 e. The highest BCUT2D eigenvalue weighted by molar-refractivity contribution is 5.96. The van der Waals surface area contributed by atoms with E-state index in [2.05, 4.69) is 31.6 Å². The average Bonchev–Trinajstić information content (AvgIpc) is 3.67. The summed E-state index contributed by atoms with van der Waals surface area (Å²) in [5, 5.41) is 16.7. The van der Waals surface area contributed by atoms with E-state index in [1.165, 1.54) is 18.0 Å². The van der Waals surface area contributed by atoms with E-state index in [9.17, 15) is 28.8 Å². The molecule has 1 fully saturated rings. The SMILES string of the molecule is CC(=O)N[C@@H](Cc1ccc2ccccc2c1)C(=O)N[C@@H](CCCCNC(=O)c1ccccn1)C(=O)NC(CCCCNC(C)C)C(=O)N1CCC[C@H]1C(N)=O. The van der Waals surface area contributed by atoms with E-state index >= 15 is 0 Å². The lowest BCUT2D eigenvalue weighted by Crippen LogP contribution is -2.58. The normalized spacial score (nSPS) is 15.6. The Morgan fingerprint density at radius 2 is 1.47 bits per heavy atom. The number of nitrogens with zero attached hydrogens (tertiary/aromatic N) is 2. The average molecular weight is 757 g/mol. The van der Waals surface area contributed by atoms with Crippen LogP contribution in [0.15, 0.2) is 66.9 Å². The van der Waals surface area contributed by atoms with Gasteiger partial charge in [0.1, 0.15) is 29.9 Å². The molecule has 1 aliphatic heterocycles. The maximum Gasteiger partial charge on any atom is 0.269 e. The fourth-order valence-corrected chi connectivity index (χ4v) is 6.78. The number of benzene rings is 2. The molecule has 0 spiro atoms. The Kier molecular flexibility index (Phi) is 16.6. The molecule has 2 aromatic carbocycles. The first-order valence-electron chi connectivity index (χ1n) is 19.3. The maximum atomic E-state index is 14.1. The van der Waals surface area contributed by atoms with Crippen molar-refractivity contribution in [2.45, 2.75) is 109 Å². The van der Waals surface area contributed by atoms with E-state index < -0.39 is 47.8 Å². The van der Waals surface area contributed by atoms with Gasteiger partial charge in [-0.1, -0.05) is 62.4 Å². The second kappa shape index (κ2) is 21.5. The van der Waals surface area contributed by atoms with Crippen LogP contribution in [-0.4, -0.2) is 95.2 Å². The molecule has 4 rings (SSSR count). The van der Waals surface area contributed by atoms with Gasteiger partial charge >= 0.3 is 0 Å². The molecule has 1 aromatic heterocycles. The molecule has 1 aliphatic rings. The Morgan fingerprint density at radius 1 is 0.800 bits per heavy atom. The van der Waals surface area contributed by atoms with E-state index in [1.807, 2.05) is 56.3 Å². The van der Waals surface area contributed by atoms with Gasteiger partial charge < -0.3 is 37.2 Å². The van der Waals surface area contributed by atoms with Crippen LogP contribution in [-0.2, 0) is 30.4 Å². The van der Waals surface area contributed by atoms with Crippen LogP contribution in [0, 0.1) is 0 Å². The summed E-state index contributed by atoms with van der Waals surface area (Å²) in [5.41, 5.74) is 6.75. The number of unbranched alkanes of at least 4 members (excludes halogenated alkanes) is 2. The minimum atomic E-state index is -1.07. The number of likely N-dealkylation sites (tertiary alicyclic amines) is 1. The summed E-state index contributed by atoms with van der Waals surface area (Å²) >= 11 is 0. The molecule has 0 bridgehead atoms. The van der Waals surface area contributed by atoms with Gasteiger partial charge in [-0.3, -0.25) is 33.8 Å². The second-order valence-electron chi connectivity index (χ2n) is 14.4. The molecule has 55 heavy (non-hydrogen) atoms. The van der Waals surface area contributed by atoms with Gasteiger partial charge in [-0.05, 0) is 86.4 Å². The molecule has 14 heteroatoms. The van der Waals surface area contributed by atoms with E-state index in [0.29, 0.717) is 57.7 Å². The molecular weight excluding hydrogens is 701 g/mol. The van der Waals surface area contributed by atoms with Gasteiger partial charge in [-0.25, -0.2) is 0 Å². The number of hydrogen-bond acceptors (Lipinski definition) is 8. The van der Waals surface area contributed by atoms with Crippen LogP contribution in [0.1, 0.15) is 88.2 Å². The van der Waals surface area contributed by atoms with Gasteiger partial charge in [0.05, 0.1) is 0 Å². The fourth-order valence-electron chi connectivity index (χ4n) is 6.78. The Bertz CT molecular complexity index is 1770. The number of carbonyl (C=O) groups excluding carboxylic acids is 6.